The molecule has 0 heterocycles. The maximum Gasteiger partial charge on any atom is 0.156 e. The standard InChI is InChI=1S/C13H22O/c1-9(2)11-6-12(14)8-13(5,7-11)10(3)4/h6,9-10H,7-8H2,1-5H3/t13-/m1/s1. The molecule has 1 aliphatic carbocycles. The number of carbonyl (C=O) groups excluding carboxylic acids is 1. The van der Waals surface area contributed by atoms with Crippen LogP contribution in [0.25, 0.3) is 0 Å². The predicted octanol–water partition coefficient (Wildman–Crippen LogP) is 3.59. The molecule has 0 aromatic carbocycles. The number of carbonyl (C=O) groups is 1. The van der Waals surface area contributed by atoms with Crippen LogP contribution in [0.1, 0.15) is 47.5 Å². The zero-order chi connectivity index (χ0) is 10.9. The van der Waals surface area contributed by atoms with Crippen molar-refractivity contribution in [1.29, 1.82) is 0 Å². The molecule has 1 aliphatic rings. The summed E-state index contributed by atoms with van der Waals surface area (Å²) in [4.78, 5) is 11.6. The summed E-state index contributed by atoms with van der Waals surface area (Å²) < 4.78 is 0. The summed E-state index contributed by atoms with van der Waals surface area (Å²) in [6.45, 7) is 11.0. The summed E-state index contributed by atoms with van der Waals surface area (Å²) in [5.74, 6) is 1.40. The first-order valence-corrected chi connectivity index (χ1v) is 5.58. The van der Waals surface area contributed by atoms with E-state index in [9.17, 15) is 4.79 Å². The predicted molar refractivity (Wildman–Crippen MR) is 60.1 cm³/mol. The van der Waals surface area contributed by atoms with Crippen LogP contribution in [0.4, 0.5) is 0 Å². The molecule has 1 rings (SSSR count). The van der Waals surface area contributed by atoms with Crippen LogP contribution in [0.5, 0.6) is 0 Å². The van der Waals surface area contributed by atoms with Crippen molar-refractivity contribution in [2.75, 3.05) is 0 Å². The minimum Gasteiger partial charge on any atom is -0.295 e. The van der Waals surface area contributed by atoms with Gasteiger partial charge in [0, 0.05) is 6.42 Å². The molecule has 0 bridgehead atoms. The van der Waals surface area contributed by atoms with Crippen LogP contribution in [-0.2, 0) is 4.79 Å². The Hall–Kier alpha value is -0.590. The molecule has 0 fully saturated rings. The van der Waals surface area contributed by atoms with E-state index in [-0.39, 0.29) is 5.41 Å². The van der Waals surface area contributed by atoms with Gasteiger partial charge in [0.2, 0.25) is 0 Å². The van der Waals surface area contributed by atoms with Crippen molar-refractivity contribution in [2.24, 2.45) is 17.3 Å². The highest BCUT2D eigenvalue weighted by molar-refractivity contribution is 5.92. The highest BCUT2D eigenvalue weighted by Crippen LogP contribution is 2.42. The van der Waals surface area contributed by atoms with E-state index in [0.717, 1.165) is 12.8 Å². The molecule has 0 radical (unpaired) electrons. The van der Waals surface area contributed by atoms with E-state index in [2.05, 4.69) is 34.6 Å². The number of hydrogen-bond donors (Lipinski definition) is 0. The molecule has 0 saturated heterocycles. The minimum atomic E-state index is 0.186. The molecular weight excluding hydrogens is 172 g/mol. The van der Waals surface area contributed by atoms with Crippen molar-refractivity contribution in [3.63, 3.8) is 0 Å². The fourth-order valence-electron chi connectivity index (χ4n) is 2.01. The molecular formula is C13H22O. The quantitative estimate of drug-likeness (QED) is 0.656. The van der Waals surface area contributed by atoms with Gasteiger partial charge >= 0.3 is 0 Å². The first kappa shape index (κ1) is 11.5. The molecule has 0 aromatic rings. The first-order chi connectivity index (χ1) is 6.35. The van der Waals surface area contributed by atoms with Crippen molar-refractivity contribution in [1.82, 2.24) is 0 Å². The molecule has 0 N–H and O–H groups in total. The van der Waals surface area contributed by atoms with Crippen molar-refractivity contribution in [3.05, 3.63) is 11.6 Å². The van der Waals surface area contributed by atoms with Gasteiger partial charge < -0.3 is 0 Å². The Labute approximate surface area is 87.6 Å². The Balaban J connectivity index is 2.91. The van der Waals surface area contributed by atoms with Gasteiger partial charge in [-0.1, -0.05) is 40.2 Å². The van der Waals surface area contributed by atoms with Crippen LogP contribution in [0.2, 0.25) is 0 Å². The van der Waals surface area contributed by atoms with Crippen LogP contribution in [0.3, 0.4) is 0 Å². The molecule has 14 heavy (non-hydrogen) atoms. The van der Waals surface area contributed by atoms with Crippen LogP contribution in [-0.4, -0.2) is 5.78 Å². The lowest BCUT2D eigenvalue weighted by molar-refractivity contribution is -0.118. The van der Waals surface area contributed by atoms with Gasteiger partial charge in [-0.05, 0) is 29.7 Å². The summed E-state index contributed by atoms with van der Waals surface area (Å²) in [5, 5.41) is 0. The van der Waals surface area contributed by atoms with Gasteiger partial charge in [0.25, 0.3) is 0 Å². The highest BCUT2D eigenvalue weighted by atomic mass is 16.1. The Bertz CT molecular complexity index is 260. The lowest BCUT2D eigenvalue weighted by Gasteiger charge is -2.37. The third kappa shape index (κ3) is 2.26. The van der Waals surface area contributed by atoms with Gasteiger partial charge in [0.1, 0.15) is 0 Å². The maximum absolute atomic E-state index is 11.6. The van der Waals surface area contributed by atoms with Gasteiger partial charge in [-0.2, -0.15) is 0 Å². The lowest BCUT2D eigenvalue weighted by atomic mass is 9.66. The summed E-state index contributed by atoms with van der Waals surface area (Å²) >= 11 is 0. The Morgan fingerprint density at radius 1 is 1.21 bits per heavy atom. The normalized spacial score (nSPS) is 28.5. The van der Waals surface area contributed by atoms with Gasteiger partial charge in [-0.15, -0.1) is 0 Å². The average Bonchev–Trinajstić information content (AvgIpc) is 2.02. The smallest absolute Gasteiger partial charge is 0.156 e. The molecule has 0 aromatic heterocycles. The fraction of sp³-hybridized carbons (Fsp3) is 0.769. The van der Waals surface area contributed by atoms with E-state index in [1.807, 2.05) is 6.08 Å². The molecule has 0 unspecified atom stereocenters. The molecule has 0 amide bonds. The highest BCUT2D eigenvalue weighted by Gasteiger charge is 2.35. The van der Waals surface area contributed by atoms with Crippen LogP contribution in [0, 0.1) is 17.3 Å². The topological polar surface area (TPSA) is 17.1 Å². The summed E-state index contributed by atoms with van der Waals surface area (Å²) in [7, 11) is 0. The number of ketones is 1. The molecule has 1 nitrogen and oxygen atoms in total. The molecule has 1 heteroatoms. The first-order valence-electron chi connectivity index (χ1n) is 5.58. The van der Waals surface area contributed by atoms with Crippen LogP contribution in [0.15, 0.2) is 11.6 Å². The molecule has 1 atom stereocenters. The number of hydrogen-bond acceptors (Lipinski definition) is 1. The zero-order valence-electron chi connectivity index (χ0n) is 10.1. The Morgan fingerprint density at radius 2 is 1.79 bits per heavy atom. The summed E-state index contributed by atoms with van der Waals surface area (Å²) in [6.07, 6.45) is 3.68. The van der Waals surface area contributed by atoms with E-state index < -0.39 is 0 Å². The SMILES string of the molecule is CC(C)C1=CC(=O)C[C@](C)(C(C)C)C1. The number of allylic oxidation sites excluding steroid dienone is 2. The monoisotopic (exact) mass is 194 g/mol. The maximum atomic E-state index is 11.6. The third-order valence-corrected chi connectivity index (χ3v) is 3.67. The molecule has 0 saturated carbocycles. The lowest BCUT2D eigenvalue weighted by Crippen LogP contribution is -2.31. The van der Waals surface area contributed by atoms with Gasteiger partial charge in [-0.3, -0.25) is 4.79 Å². The molecule has 0 spiro atoms. The molecule has 0 aliphatic heterocycles. The van der Waals surface area contributed by atoms with Crippen molar-refractivity contribution in [3.8, 4) is 0 Å². The molecule has 80 valence electrons. The fourth-order valence-corrected chi connectivity index (χ4v) is 2.01. The largest absolute Gasteiger partial charge is 0.295 e. The van der Waals surface area contributed by atoms with Gasteiger partial charge in [0.15, 0.2) is 5.78 Å². The van der Waals surface area contributed by atoms with Gasteiger partial charge in [0.05, 0.1) is 0 Å². The third-order valence-electron chi connectivity index (χ3n) is 3.67. The van der Waals surface area contributed by atoms with Crippen LogP contribution >= 0.6 is 0 Å². The van der Waals surface area contributed by atoms with E-state index in [1.165, 1.54) is 5.57 Å². The average molecular weight is 194 g/mol. The van der Waals surface area contributed by atoms with Gasteiger partial charge in [-0.25, -0.2) is 0 Å². The second-order valence-electron chi connectivity index (χ2n) is 5.50. The minimum absolute atomic E-state index is 0.186. The van der Waals surface area contributed by atoms with E-state index >= 15 is 0 Å². The zero-order valence-corrected chi connectivity index (χ0v) is 10.1. The summed E-state index contributed by atoms with van der Waals surface area (Å²) in [6, 6.07) is 0. The summed E-state index contributed by atoms with van der Waals surface area (Å²) in [5.41, 5.74) is 1.52. The Morgan fingerprint density at radius 3 is 2.21 bits per heavy atom. The van der Waals surface area contributed by atoms with Crippen molar-refractivity contribution < 1.29 is 4.79 Å². The second-order valence-corrected chi connectivity index (χ2v) is 5.50. The van der Waals surface area contributed by atoms with E-state index in [4.69, 9.17) is 0 Å². The van der Waals surface area contributed by atoms with Crippen molar-refractivity contribution >= 4 is 5.78 Å². The van der Waals surface area contributed by atoms with E-state index in [1.54, 1.807) is 0 Å². The van der Waals surface area contributed by atoms with Crippen molar-refractivity contribution in [2.45, 2.75) is 47.5 Å². The second kappa shape index (κ2) is 3.88. The van der Waals surface area contributed by atoms with Crippen LogP contribution < -0.4 is 0 Å². The number of rotatable bonds is 2. The Kier molecular flexibility index (Phi) is 3.18. The van der Waals surface area contributed by atoms with E-state index in [0.29, 0.717) is 17.6 Å².